The number of carbonyl (C=O) groups excluding carboxylic acids is 1. The summed E-state index contributed by atoms with van der Waals surface area (Å²) in [6, 6.07) is 25.0. The molecule has 0 fully saturated rings. The molecule has 182 valence electrons. The maximum absolute atomic E-state index is 13.2. The van der Waals surface area contributed by atoms with Crippen LogP contribution in [0.2, 0.25) is 18.1 Å². The number of aromatic amines is 1. The Morgan fingerprint density at radius 2 is 1.49 bits per heavy atom. The molecule has 1 aromatic heterocycles. The van der Waals surface area contributed by atoms with Crippen molar-refractivity contribution in [1.29, 1.82) is 0 Å². The van der Waals surface area contributed by atoms with Crippen molar-refractivity contribution in [3.8, 4) is 5.75 Å². The molecule has 4 rings (SSSR count). The van der Waals surface area contributed by atoms with Gasteiger partial charge in [-0.15, -0.1) is 0 Å². The lowest BCUT2D eigenvalue weighted by atomic mass is 9.71. The number of aldehydes is 1. The van der Waals surface area contributed by atoms with Gasteiger partial charge in [-0.05, 0) is 59.4 Å². The zero-order chi connectivity index (χ0) is 25.3. The summed E-state index contributed by atoms with van der Waals surface area (Å²) in [6.07, 6.45) is 1.71. The number of H-pyrrole nitrogens is 1. The van der Waals surface area contributed by atoms with E-state index in [-0.39, 0.29) is 10.8 Å². The predicted molar refractivity (Wildman–Crippen MR) is 146 cm³/mol. The molecule has 0 unspecified atom stereocenters. The first-order chi connectivity index (χ1) is 16.6. The van der Waals surface area contributed by atoms with E-state index in [4.69, 9.17) is 4.43 Å². The topological polar surface area (TPSA) is 62.3 Å². The lowest BCUT2D eigenvalue weighted by molar-refractivity contribution is -0.110. The first-order valence-corrected chi connectivity index (χ1v) is 15.1. The average molecular weight is 486 g/mol. The lowest BCUT2D eigenvalue weighted by Gasteiger charge is -2.36. The molecule has 0 bridgehead atoms. The molecule has 1 heterocycles. The molecule has 0 saturated heterocycles. The van der Waals surface area contributed by atoms with Crippen molar-refractivity contribution in [1.82, 2.24) is 4.98 Å². The largest absolute Gasteiger partial charge is 0.508 e. The molecule has 3 aromatic carbocycles. The fourth-order valence-electron chi connectivity index (χ4n) is 4.50. The number of aromatic hydroxyl groups is 1. The standard InChI is InChI=1S/C30H35NO3Si/c1-29(2,3)35(4,5)34-20-19-26-25-13-9-10-14-27(25)31-28(26)30(21-32,22-11-7-6-8-12-22)23-15-17-24(33)18-16-23/h6-18,21,31,33H,19-20H2,1-5H3/t30-/m1/s1. The fraction of sp³-hybridized carbons (Fsp3) is 0.300. The van der Waals surface area contributed by atoms with E-state index < -0.39 is 13.7 Å². The minimum Gasteiger partial charge on any atom is -0.508 e. The minimum absolute atomic E-state index is 0.124. The number of nitrogens with one attached hydrogen (secondary N) is 1. The highest BCUT2D eigenvalue weighted by Crippen LogP contribution is 2.42. The normalized spacial score (nSPS) is 14.1. The van der Waals surface area contributed by atoms with Crippen LogP contribution in [0.4, 0.5) is 0 Å². The van der Waals surface area contributed by atoms with Crippen molar-refractivity contribution in [3.63, 3.8) is 0 Å². The first-order valence-electron chi connectivity index (χ1n) is 12.2. The van der Waals surface area contributed by atoms with Gasteiger partial charge in [-0.1, -0.05) is 81.4 Å². The Balaban J connectivity index is 1.90. The summed E-state index contributed by atoms with van der Waals surface area (Å²) in [5, 5.41) is 11.2. The van der Waals surface area contributed by atoms with Crippen LogP contribution in [-0.4, -0.2) is 31.3 Å². The van der Waals surface area contributed by atoms with Crippen LogP contribution in [0.3, 0.4) is 0 Å². The quantitative estimate of drug-likeness (QED) is 0.209. The number of para-hydroxylation sites is 1. The van der Waals surface area contributed by atoms with E-state index in [1.54, 1.807) is 12.1 Å². The van der Waals surface area contributed by atoms with E-state index >= 15 is 0 Å². The van der Waals surface area contributed by atoms with Gasteiger partial charge < -0.3 is 19.3 Å². The fourth-order valence-corrected chi connectivity index (χ4v) is 5.54. The summed E-state index contributed by atoms with van der Waals surface area (Å²) in [4.78, 5) is 16.8. The van der Waals surface area contributed by atoms with E-state index in [0.717, 1.165) is 39.6 Å². The van der Waals surface area contributed by atoms with Gasteiger partial charge in [-0.3, -0.25) is 0 Å². The SMILES string of the molecule is CC(C)(C)[Si](C)(C)OCCc1c([C@](C=O)(c2ccccc2)c2ccc(O)cc2)[nH]c2ccccc12. The van der Waals surface area contributed by atoms with E-state index in [9.17, 15) is 9.90 Å². The third kappa shape index (κ3) is 4.58. The number of carbonyl (C=O) groups is 1. The number of rotatable bonds is 8. The Bertz CT molecular complexity index is 1300. The molecule has 4 aromatic rings. The number of hydrogen-bond donors (Lipinski definition) is 2. The molecule has 0 aliphatic heterocycles. The van der Waals surface area contributed by atoms with Gasteiger partial charge in [0.1, 0.15) is 17.5 Å². The molecule has 4 nitrogen and oxygen atoms in total. The van der Waals surface area contributed by atoms with Gasteiger partial charge in [-0.2, -0.15) is 0 Å². The van der Waals surface area contributed by atoms with Gasteiger partial charge >= 0.3 is 0 Å². The summed E-state index contributed by atoms with van der Waals surface area (Å²) in [5.41, 5.74) is 3.55. The van der Waals surface area contributed by atoms with Crippen LogP contribution < -0.4 is 0 Å². The highest BCUT2D eigenvalue weighted by Gasteiger charge is 2.41. The van der Waals surface area contributed by atoms with Crippen molar-refractivity contribution < 1.29 is 14.3 Å². The van der Waals surface area contributed by atoms with Gasteiger partial charge in [0, 0.05) is 23.2 Å². The van der Waals surface area contributed by atoms with Crippen molar-refractivity contribution in [2.45, 2.75) is 50.7 Å². The van der Waals surface area contributed by atoms with Gasteiger partial charge in [0.15, 0.2) is 8.32 Å². The van der Waals surface area contributed by atoms with Crippen molar-refractivity contribution in [2.75, 3.05) is 6.61 Å². The third-order valence-electron chi connectivity index (χ3n) is 7.56. The zero-order valence-corrected chi connectivity index (χ0v) is 22.3. The molecule has 0 aliphatic carbocycles. The lowest BCUT2D eigenvalue weighted by Crippen LogP contribution is -2.41. The summed E-state index contributed by atoms with van der Waals surface area (Å²) < 4.78 is 6.55. The maximum Gasteiger partial charge on any atom is 0.191 e. The molecular formula is C30H35NO3Si. The predicted octanol–water partition coefficient (Wildman–Crippen LogP) is 6.97. The average Bonchev–Trinajstić information content (AvgIpc) is 3.20. The Morgan fingerprint density at radius 1 is 0.886 bits per heavy atom. The van der Waals surface area contributed by atoms with Gasteiger partial charge in [0.05, 0.1) is 0 Å². The summed E-state index contributed by atoms with van der Waals surface area (Å²) in [5.74, 6) is 0.168. The van der Waals surface area contributed by atoms with Crippen LogP contribution in [0, 0.1) is 0 Å². The molecule has 0 spiro atoms. The zero-order valence-electron chi connectivity index (χ0n) is 21.3. The van der Waals surface area contributed by atoms with Crippen molar-refractivity contribution in [2.24, 2.45) is 0 Å². The summed E-state index contributed by atoms with van der Waals surface area (Å²) >= 11 is 0. The third-order valence-corrected chi connectivity index (χ3v) is 12.1. The van der Waals surface area contributed by atoms with E-state index in [0.29, 0.717) is 13.0 Å². The van der Waals surface area contributed by atoms with Crippen LogP contribution in [0.5, 0.6) is 5.75 Å². The second kappa shape index (κ2) is 9.48. The number of aromatic nitrogens is 1. The second-order valence-corrected chi connectivity index (χ2v) is 15.5. The molecule has 0 saturated carbocycles. The van der Waals surface area contributed by atoms with Crippen molar-refractivity contribution in [3.05, 3.63) is 101 Å². The number of hydrogen-bond acceptors (Lipinski definition) is 3. The first kappa shape index (κ1) is 25.0. The van der Waals surface area contributed by atoms with Crippen molar-refractivity contribution >= 4 is 25.5 Å². The highest BCUT2D eigenvalue weighted by atomic mass is 28.4. The number of fused-ring (bicyclic) bond motifs is 1. The van der Waals surface area contributed by atoms with Gasteiger partial charge in [0.2, 0.25) is 0 Å². The van der Waals surface area contributed by atoms with Crippen LogP contribution in [-0.2, 0) is 21.1 Å². The molecule has 5 heteroatoms. The van der Waals surface area contributed by atoms with Crippen LogP contribution >= 0.6 is 0 Å². The Kier molecular flexibility index (Phi) is 6.76. The van der Waals surface area contributed by atoms with Crippen LogP contribution in [0.25, 0.3) is 10.9 Å². The molecular weight excluding hydrogens is 450 g/mol. The Hall–Kier alpha value is -3.15. The molecule has 0 amide bonds. The molecule has 1 atom stereocenters. The minimum atomic E-state index is -1.92. The highest BCUT2D eigenvalue weighted by molar-refractivity contribution is 6.74. The number of phenolic OH excluding ortho intramolecular Hbond substituents is 1. The molecule has 0 aliphatic rings. The van der Waals surface area contributed by atoms with E-state index in [2.05, 4.69) is 51.0 Å². The Labute approximate surface area is 209 Å². The smallest absolute Gasteiger partial charge is 0.191 e. The monoisotopic (exact) mass is 485 g/mol. The van der Waals surface area contributed by atoms with Crippen LogP contribution in [0.15, 0.2) is 78.9 Å². The maximum atomic E-state index is 13.2. The van der Waals surface area contributed by atoms with Crippen LogP contribution in [0.1, 0.15) is 43.2 Å². The second-order valence-electron chi connectivity index (χ2n) is 10.7. The van der Waals surface area contributed by atoms with Gasteiger partial charge in [0.25, 0.3) is 0 Å². The number of phenols is 1. The molecule has 35 heavy (non-hydrogen) atoms. The summed E-state index contributed by atoms with van der Waals surface area (Å²) in [6.45, 7) is 11.8. The van der Waals surface area contributed by atoms with E-state index in [1.165, 1.54) is 0 Å². The Morgan fingerprint density at radius 3 is 2.11 bits per heavy atom. The van der Waals surface area contributed by atoms with Gasteiger partial charge in [-0.25, -0.2) is 0 Å². The van der Waals surface area contributed by atoms with E-state index in [1.807, 2.05) is 54.6 Å². The molecule has 2 N–H and O–H groups in total. The summed E-state index contributed by atoms with van der Waals surface area (Å²) in [7, 11) is -1.92. The number of benzene rings is 3. The molecule has 0 radical (unpaired) electrons.